The van der Waals surface area contributed by atoms with Crippen molar-refractivity contribution in [2.75, 3.05) is 19.6 Å². The molecule has 3 nitrogen and oxygen atoms in total. The zero-order chi connectivity index (χ0) is 12.8. The van der Waals surface area contributed by atoms with Gasteiger partial charge in [-0.3, -0.25) is 4.90 Å². The van der Waals surface area contributed by atoms with Crippen LogP contribution in [0.3, 0.4) is 0 Å². The fourth-order valence-corrected chi connectivity index (χ4v) is 2.50. The highest BCUT2D eigenvalue weighted by atomic mass is 16.3. The van der Waals surface area contributed by atoms with Crippen LogP contribution in [0.1, 0.15) is 30.9 Å². The fraction of sp³-hybridized carbons (Fsp3) is 0.600. The van der Waals surface area contributed by atoms with Gasteiger partial charge in [0.05, 0.1) is 6.61 Å². The molecule has 1 heterocycles. The first-order valence-electron chi connectivity index (χ1n) is 6.93. The Bertz CT molecular complexity index is 344. The molecule has 0 bridgehead atoms. The monoisotopic (exact) mass is 248 g/mol. The highest BCUT2D eigenvalue weighted by Crippen LogP contribution is 2.11. The lowest BCUT2D eigenvalue weighted by Gasteiger charge is -2.24. The van der Waals surface area contributed by atoms with E-state index in [0.29, 0.717) is 6.04 Å². The Balaban J connectivity index is 1.70. The Hall–Kier alpha value is -0.900. The molecule has 3 heteroatoms. The van der Waals surface area contributed by atoms with E-state index in [2.05, 4.69) is 29.3 Å². The number of hydrogen-bond donors (Lipinski definition) is 2. The zero-order valence-electron chi connectivity index (χ0n) is 11.2. The number of nitrogens with one attached hydrogen (secondary N) is 1. The van der Waals surface area contributed by atoms with Gasteiger partial charge in [0, 0.05) is 19.1 Å². The lowest BCUT2D eigenvalue weighted by molar-refractivity contribution is 0.251. The summed E-state index contributed by atoms with van der Waals surface area (Å²) in [7, 11) is 0. The molecule has 1 aliphatic heterocycles. The van der Waals surface area contributed by atoms with Gasteiger partial charge in [-0.2, -0.15) is 0 Å². The lowest BCUT2D eigenvalue weighted by atomic mass is 10.1. The third-order valence-electron chi connectivity index (χ3n) is 3.74. The molecule has 100 valence electrons. The van der Waals surface area contributed by atoms with E-state index < -0.39 is 0 Å². The minimum atomic E-state index is 0.125. The molecule has 0 amide bonds. The summed E-state index contributed by atoms with van der Waals surface area (Å²) in [5.74, 6) is 0. The summed E-state index contributed by atoms with van der Waals surface area (Å²) in [4.78, 5) is 2.56. The number of benzene rings is 1. The average molecular weight is 248 g/mol. The van der Waals surface area contributed by atoms with Gasteiger partial charge in [-0.25, -0.2) is 0 Å². The number of nitrogens with zero attached hydrogens (tertiary/aromatic N) is 1. The van der Waals surface area contributed by atoms with Crippen LogP contribution in [-0.2, 0) is 13.2 Å². The second kappa shape index (κ2) is 6.88. The molecule has 1 fully saturated rings. The van der Waals surface area contributed by atoms with Gasteiger partial charge in [-0.15, -0.1) is 0 Å². The molecule has 18 heavy (non-hydrogen) atoms. The average Bonchev–Trinajstić information content (AvgIpc) is 2.93. The Labute approximate surface area is 110 Å². The van der Waals surface area contributed by atoms with E-state index in [0.717, 1.165) is 18.7 Å². The summed E-state index contributed by atoms with van der Waals surface area (Å²) in [5.41, 5.74) is 2.25. The quantitative estimate of drug-likeness (QED) is 0.805. The minimum Gasteiger partial charge on any atom is -0.392 e. The zero-order valence-corrected chi connectivity index (χ0v) is 11.2. The van der Waals surface area contributed by atoms with Crippen LogP contribution in [0.2, 0.25) is 0 Å². The molecule has 2 rings (SSSR count). The number of hydrogen-bond acceptors (Lipinski definition) is 3. The first kappa shape index (κ1) is 13.5. The van der Waals surface area contributed by atoms with Gasteiger partial charge in [-0.05, 0) is 44.0 Å². The van der Waals surface area contributed by atoms with Gasteiger partial charge in [0.1, 0.15) is 0 Å². The van der Waals surface area contributed by atoms with Crippen LogP contribution in [0.5, 0.6) is 0 Å². The summed E-state index contributed by atoms with van der Waals surface area (Å²) in [6.45, 7) is 6.89. The summed E-state index contributed by atoms with van der Waals surface area (Å²) < 4.78 is 0. The molecule has 0 saturated carbocycles. The van der Waals surface area contributed by atoms with Crippen molar-refractivity contribution in [2.45, 2.75) is 39.0 Å². The number of aliphatic hydroxyl groups excluding tert-OH is 1. The van der Waals surface area contributed by atoms with E-state index in [-0.39, 0.29) is 6.61 Å². The van der Waals surface area contributed by atoms with Gasteiger partial charge < -0.3 is 10.4 Å². The molecule has 1 aromatic rings. The first-order valence-corrected chi connectivity index (χ1v) is 6.93. The van der Waals surface area contributed by atoms with Crippen molar-refractivity contribution in [3.63, 3.8) is 0 Å². The van der Waals surface area contributed by atoms with Gasteiger partial charge >= 0.3 is 0 Å². The third-order valence-corrected chi connectivity index (χ3v) is 3.74. The van der Waals surface area contributed by atoms with Crippen LogP contribution in [0.15, 0.2) is 24.3 Å². The fourth-order valence-electron chi connectivity index (χ4n) is 2.50. The summed E-state index contributed by atoms with van der Waals surface area (Å²) >= 11 is 0. The van der Waals surface area contributed by atoms with Crippen LogP contribution in [0, 0.1) is 0 Å². The van der Waals surface area contributed by atoms with Crippen molar-refractivity contribution >= 4 is 0 Å². The van der Waals surface area contributed by atoms with Crippen molar-refractivity contribution in [1.82, 2.24) is 10.2 Å². The van der Waals surface area contributed by atoms with E-state index in [9.17, 15) is 0 Å². The molecule has 0 spiro atoms. The number of likely N-dealkylation sites (tertiary alicyclic amines) is 1. The Morgan fingerprint density at radius 1 is 1.17 bits per heavy atom. The molecular weight excluding hydrogens is 224 g/mol. The van der Waals surface area contributed by atoms with Crippen LogP contribution in [0.25, 0.3) is 0 Å². The predicted molar refractivity (Wildman–Crippen MR) is 74.3 cm³/mol. The first-order chi connectivity index (χ1) is 8.79. The molecule has 0 aromatic heterocycles. The largest absolute Gasteiger partial charge is 0.392 e. The molecule has 2 N–H and O–H groups in total. The maximum Gasteiger partial charge on any atom is 0.0681 e. The SMILES string of the molecule is CC(CNCc1ccc(CO)cc1)N1CCCC1. The predicted octanol–water partition coefficient (Wildman–Crippen LogP) is 1.75. The molecular formula is C15H24N2O. The van der Waals surface area contributed by atoms with Crippen LogP contribution in [0.4, 0.5) is 0 Å². The lowest BCUT2D eigenvalue weighted by Crippen LogP contribution is -2.38. The van der Waals surface area contributed by atoms with E-state index >= 15 is 0 Å². The number of rotatable bonds is 6. The Morgan fingerprint density at radius 3 is 2.39 bits per heavy atom. The molecule has 0 aliphatic carbocycles. The summed E-state index contributed by atoms with van der Waals surface area (Å²) in [6, 6.07) is 8.77. The van der Waals surface area contributed by atoms with Crippen molar-refractivity contribution in [3.05, 3.63) is 35.4 Å². The smallest absolute Gasteiger partial charge is 0.0681 e. The maximum atomic E-state index is 8.98. The van der Waals surface area contributed by atoms with Gasteiger partial charge in [0.15, 0.2) is 0 Å². The van der Waals surface area contributed by atoms with Crippen molar-refractivity contribution in [2.24, 2.45) is 0 Å². The van der Waals surface area contributed by atoms with Gasteiger partial charge in [-0.1, -0.05) is 24.3 Å². The highest BCUT2D eigenvalue weighted by molar-refractivity contribution is 5.21. The van der Waals surface area contributed by atoms with Crippen molar-refractivity contribution in [3.8, 4) is 0 Å². The summed E-state index contributed by atoms with van der Waals surface area (Å²) in [5, 5.41) is 12.5. The van der Waals surface area contributed by atoms with Crippen LogP contribution < -0.4 is 5.32 Å². The Morgan fingerprint density at radius 2 is 1.78 bits per heavy atom. The van der Waals surface area contributed by atoms with Gasteiger partial charge in [0.25, 0.3) is 0 Å². The van der Waals surface area contributed by atoms with E-state index in [4.69, 9.17) is 5.11 Å². The normalized spacial score (nSPS) is 18.1. The Kier molecular flexibility index (Phi) is 5.17. The molecule has 0 radical (unpaired) electrons. The maximum absolute atomic E-state index is 8.98. The summed E-state index contributed by atoms with van der Waals surface area (Å²) in [6.07, 6.45) is 2.71. The minimum absolute atomic E-state index is 0.125. The topological polar surface area (TPSA) is 35.5 Å². The third kappa shape index (κ3) is 3.80. The second-order valence-corrected chi connectivity index (χ2v) is 5.20. The standard InChI is InChI=1S/C15H24N2O/c1-13(17-8-2-3-9-17)10-16-11-14-4-6-15(12-18)7-5-14/h4-7,13,16,18H,2-3,8-12H2,1H3. The highest BCUT2D eigenvalue weighted by Gasteiger charge is 2.17. The molecule has 1 aliphatic rings. The van der Waals surface area contributed by atoms with Gasteiger partial charge in [0.2, 0.25) is 0 Å². The van der Waals surface area contributed by atoms with Crippen LogP contribution >= 0.6 is 0 Å². The molecule has 1 unspecified atom stereocenters. The second-order valence-electron chi connectivity index (χ2n) is 5.20. The molecule has 1 atom stereocenters. The van der Waals surface area contributed by atoms with E-state index in [1.165, 1.54) is 31.5 Å². The van der Waals surface area contributed by atoms with E-state index in [1.807, 2.05) is 12.1 Å². The van der Waals surface area contributed by atoms with Crippen LogP contribution in [-0.4, -0.2) is 35.7 Å². The number of aliphatic hydroxyl groups is 1. The van der Waals surface area contributed by atoms with E-state index in [1.54, 1.807) is 0 Å². The molecule has 1 saturated heterocycles. The van der Waals surface area contributed by atoms with Crippen molar-refractivity contribution < 1.29 is 5.11 Å². The molecule has 1 aromatic carbocycles. The van der Waals surface area contributed by atoms with Crippen molar-refractivity contribution in [1.29, 1.82) is 0 Å².